The zero-order valence-corrected chi connectivity index (χ0v) is 17.4. The average Bonchev–Trinajstić information content (AvgIpc) is 3.37. The minimum Gasteiger partial charge on any atom is -0.378 e. The van der Waals surface area contributed by atoms with Crippen LogP contribution in [0.1, 0.15) is 19.3 Å². The quantitative estimate of drug-likeness (QED) is 0.751. The molecular weight excluding hydrogens is 392 g/mol. The molecule has 0 saturated carbocycles. The highest BCUT2D eigenvalue weighted by Gasteiger charge is 2.18. The third-order valence-corrected chi connectivity index (χ3v) is 5.67. The molecule has 0 bridgehead atoms. The van der Waals surface area contributed by atoms with Gasteiger partial charge in [-0.05, 0) is 56.1 Å². The zero-order chi connectivity index (χ0) is 19.3. The van der Waals surface area contributed by atoms with Gasteiger partial charge >= 0.3 is 0 Å². The van der Waals surface area contributed by atoms with Crippen LogP contribution in [0.5, 0.6) is 0 Å². The molecule has 0 aliphatic carbocycles. The Balaban J connectivity index is 0.00000240. The van der Waals surface area contributed by atoms with E-state index < -0.39 is 0 Å². The number of ether oxygens (including phenoxy) is 1. The van der Waals surface area contributed by atoms with E-state index in [1.165, 1.54) is 0 Å². The lowest BCUT2D eigenvalue weighted by Crippen LogP contribution is -2.42. The summed E-state index contributed by atoms with van der Waals surface area (Å²) in [7, 11) is 0. The van der Waals surface area contributed by atoms with Crippen LogP contribution in [0.3, 0.4) is 0 Å². The number of aromatic nitrogens is 1. The maximum absolute atomic E-state index is 12.5. The van der Waals surface area contributed by atoms with Crippen LogP contribution in [-0.4, -0.2) is 60.7 Å². The van der Waals surface area contributed by atoms with Gasteiger partial charge in [-0.2, -0.15) is 0 Å². The molecule has 2 aromatic rings. The lowest BCUT2D eigenvalue weighted by Gasteiger charge is -2.27. The van der Waals surface area contributed by atoms with Crippen LogP contribution in [-0.2, 0) is 20.9 Å². The number of nitrogens with zero attached hydrogens (tertiary/aromatic N) is 2. The Hall–Kier alpha value is -2.09. The SMILES string of the molecule is Cl.O=C(CCC1CCNC1)Nc1ccc2c(ccn2CC(=O)N2CCOCC2)c1. The van der Waals surface area contributed by atoms with Gasteiger partial charge in [0.1, 0.15) is 6.54 Å². The van der Waals surface area contributed by atoms with Gasteiger partial charge < -0.3 is 24.8 Å². The summed E-state index contributed by atoms with van der Waals surface area (Å²) in [6.07, 6.45) is 4.58. The van der Waals surface area contributed by atoms with E-state index in [0.717, 1.165) is 42.5 Å². The summed E-state index contributed by atoms with van der Waals surface area (Å²) < 4.78 is 7.27. The van der Waals surface area contributed by atoms with Crippen molar-refractivity contribution >= 4 is 40.8 Å². The lowest BCUT2D eigenvalue weighted by atomic mass is 10.0. The van der Waals surface area contributed by atoms with E-state index in [9.17, 15) is 9.59 Å². The van der Waals surface area contributed by atoms with Gasteiger partial charge in [-0.3, -0.25) is 9.59 Å². The number of fused-ring (bicyclic) bond motifs is 1. The Bertz CT molecular complexity index is 842. The summed E-state index contributed by atoms with van der Waals surface area (Å²) in [5.41, 5.74) is 1.80. The average molecular weight is 421 g/mol. The first-order chi connectivity index (χ1) is 13.7. The molecule has 8 heteroatoms. The minimum absolute atomic E-state index is 0. The van der Waals surface area contributed by atoms with Crippen molar-refractivity contribution in [2.24, 2.45) is 5.92 Å². The molecule has 7 nitrogen and oxygen atoms in total. The van der Waals surface area contributed by atoms with Crippen LogP contribution in [0.15, 0.2) is 30.5 Å². The van der Waals surface area contributed by atoms with Crippen LogP contribution in [0.25, 0.3) is 10.9 Å². The number of hydrogen-bond donors (Lipinski definition) is 2. The number of benzene rings is 1. The molecule has 1 aromatic heterocycles. The van der Waals surface area contributed by atoms with Crippen molar-refractivity contribution in [3.8, 4) is 0 Å². The second kappa shape index (κ2) is 10.1. The summed E-state index contributed by atoms with van der Waals surface area (Å²) in [4.78, 5) is 26.6. The van der Waals surface area contributed by atoms with Crippen molar-refractivity contribution < 1.29 is 14.3 Å². The molecular formula is C21H29ClN4O3. The first-order valence-electron chi connectivity index (χ1n) is 10.1. The van der Waals surface area contributed by atoms with Gasteiger partial charge in [0.2, 0.25) is 11.8 Å². The predicted octanol–water partition coefficient (Wildman–Crippen LogP) is 2.25. The molecule has 4 rings (SSSR count). The third-order valence-electron chi connectivity index (χ3n) is 5.67. The molecule has 1 aromatic carbocycles. The summed E-state index contributed by atoms with van der Waals surface area (Å²) in [6, 6.07) is 7.84. The van der Waals surface area contributed by atoms with Crippen LogP contribution < -0.4 is 10.6 Å². The summed E-state index contributed by atoms with van der Waals surface area (Å²) in [6.45, 7) is 4.95. The molecule has 2 aliphatic rings. The van der Waals surface area contributed by atoms with Gasteiger partial charge in [-0.25, -0.2) is 0 Å². The highest BCUT2D eigenvalue weighted by Crippen LogP contribution is 2.22. The molecule has 2 aliphatic heterocycles. The molecule has 1 unspecified atom stereocenters. The Morgan fingerprint density at radius 2 is 2.03 bits per heavy atom. The van der Waals surface area contributed by atoms with Crippen molar-refractivity contribution in [1.82, 2.24) is 14.8 Å². The monoisotopic (exact) mass is 420 g/mol. The van der Waals surface area contributed by atoms with E-state index in [0.29, 0.717) is 45.2 Å². The molecule has 3 heterocycles. The van der Waals surface area contributed by atoms with E-state index in [4.69, 9.17) is 4.74 Å². The zero-order valence-electron chi connectivity index (χ0n) is 16.6. The maximum Gasteiger partial charge on any atom is 0.242 e. The fourth-order valence-corrected chi connectivity index (χ4v) is 3.99. The van der Waals surface area contributed by atoms with Crippen molar-refractivity contribution in [2.45, 2.75) is 25.8 Å². The Labute approximate surface area is 177 Å². The Kier molecular flexibility index (Phi) is 7.52. The summed E-state index contributed by atoms with van der Waals surface area (Å²) in [5, 5.41) is 7.36. The second-order valence-electron chi connectivity index (χ2n) is 7.66. The molecule has 2 fully saturated rings. The molecule has 1 atom stereocenters. The van der Waals surface area contributed by atoms with Gasteiger partial charge in [-0.1, -0.05) is 0 Å². The molecule has 2 saturated heterocycles. The van der Waals surface area contributed by atoms with Crippen LogP contribution >= 0.6 is 12.4 Å². The number of nitrogens with one attached hydrogen (secondary N) is 2. The number of amides is 2. The van der Waals surface area contributed by atoms with Gasteiger partial charge in [0.05, 0.1) is 13.2 Å². The lowest BCUT2D eigenvalue weighted by molar-refractivity contribution is -0.135. The van der Waals surface area contributed by atoms with Crippen LogP contribution in [0.4, 0.5) is 5.69 Å². The molecule has 2 N–H and O–H groups in total. The van der Waals surface area contributed by atoms with Crippen molar-refractivity contribution in [3.63, 3.8) is 0 Å². The number of halogens is 1. The number of morpholine rings is 1. The number of hydrogen-bond acceptors (Lipinski definition) is 4. The first-order valence-corrected chi connectivity index (χ1v) is 10.1. The molecule has 2 amide bonds. The highest BCUT2D eigenvalue weighted by molar-refractivity contribution is 5.94. The van der Waals surface area contributed by atoms with Gasteiger partial charge in [0, 0.05) is 42.3 Å². The standard InChI is InChI=1S/C21H28N4O3.ClH/c26-20(4-1-16-5-7-22-14-16)23-18-2-3-19-17(13-18)6-8-25(19)15-21(27)24-9-11-28-12-10-24;/h2-3,6,8,13,16,22H,1,4-5,7,9-12,14-15H2,(H,23,26);1H. The highest BCUT2D eigenvalue weighted by atomic mass is 35.5. The maximum atomic E-state index is 12.5. The normalized spacial score (nSPS) is 19.2. The molecule has 29 heavy (non-hydrogen) atoms. The van der Waals surface area contributed by atoms with Gasteiger partial charge in [-0.15, -0.1) is 12.4 Å². The second-order valence-corrected chi connectivity index (χ2v) is 7.66. The van der Waals surface area contributed by atoms with E-state index in [-0.39, 0.29) is 24.2 Å². The Morgan fingerprint density at radius 3 is 2.79 bits per heavy atom. The number of carbonyl (C=O) groups excluding carboxylic acids is 2. The van der Waals surface area contributed by atoms with Crippen molar-refractivity contribution in [2.75, 3.05) is 44.7 Å². The topological polar surface area (TPSA) is 75.6 Å². The fraction of sp³-hybridized carbons (Fsp3) is 0.524. The predicted molar refractivity (Wildman–Crippen MR) is 115 cm³/mol. The summed E-state index contributed by atoms with van der Waals surface area (Å²) in [5.74, 6) is 0.791. The van der Waals surface area contributed by atoms with E-state index >= 15 is 0 Å². The van der Waals surface area contributed by atoms with E-state index in [1.807, 2.05) is 39.9 Å². The summed E-state index contributed by atoms with van der Waals surface area (Å²) >= 11 is 0. The van der Waals surface area contributed by atoms with E-state index in [1.54, 1.807) is 0 Å². The third kappa shape index (κ3) is 5.50. The largest absolute Gasteiger partial charge is 0.378 e. The van der Waals surface area contributed by atoms with E-state index in [2.05, 4.69) is 10.6 Å². The van der Waals surface area contributed by atoms with Crippen LogP contribution in [0.2, 0.25) is 0 Å². The number of rotatable bonds is 6. The van der Waals surface area contributed by atoms with Crippen molar-refractivity contribution in [1.29, 1.82) is 0 Å². The van der Waals surface area contributed by atoms with Gasteiger partial charge in [0.15, 0.2) is 0 Å². The first kappa shape index (κ1) is 21.6. The van der Waals surface area contributed by atoms with Crippen LogP contribution in [0, 0.1) is 5.92 Å². The number of carbonyl (C=O) groups is 2. The Morgan fingerprint density at radius 1 is 1.21 bits per heavy atom. The number of anilines is 1. The van der Waals surface area contributed by atoms with Gasteiger partial charge in [0.25, 0.3) is 0 Å². The smallest absolute Gasteiger partial charge is 0.242 e. The molecule has 0 radical (unpaired) electrons. The molecule has 158 valence electrons. The minimum atomic E-state index is 0. The van der Waals surface area contributed by atoms with Crippen molar-refractivity contribution in [3.05, 3.63) is 30.5 Å². The molecule has 0 spiro atoms. The fourth-order valence-electron chi connectivity index (χ4n) is 3.99.